The summed E-state index contributed by atoms with van der Waals surface area (Å²) in [5.41, 5.74) is 2.81. The molecule has 0 aromatic carbocycles. The Morgan fingerprint density at radius 2 is 2.06 bits per heavy atom. The Labute approximate surface area is 207 Å². The molecule has 4 heterocycles. The lowest BCUT2D eigenvalue weighted by molar-refractivity contribution is 0.0708. The first-order chi connectivity index (χ1) is 16.5. The van der Waals surface area contributed by atoms with Crippen LogP contribution in [0.5, 0.6) is 5.75 Å². The molecular formula is C24H28ClN5O3S. The summed E-state index contributed by atoms with van der Waals surface area (Å²) in [7, 11) is 1.52. The van der Waals surface area contributed by atoms with E-state index >= 15 is 0 Å². The highest BCUT2D eigenvalue weighted by molar-refractivity contribution is 7.15. The van der Waals surface area contributed by atoms with Crippen LogP contribution in [0.25, 0.3) is 0 Å². The van der Waals surface area contributed by atoms with Crippen LogP contribution < -0.4 is 10.1 Å². The fraction of sp³-hybridized carbons (Fsp3) is 0.417. The number of carbonyl (C=O) groups excluding carboxylic acids is 2. The normalized spacial score (nSPS) is 14.3. The number of methoxy groups -OCH3 is 1. The molecule has 1 fully saturated rings. The summed E-state index contributed by atoms with van der Waals surface area (Å²) in [5, 5.41) is 4.76. The lowest BCUT2D eigenvalue weighted by Gasteiger charge is -2.32. The molecular weight excluding hydrogens is 474 g/mol. The van der Waals surface area contributed by atoms with Crippen LogP contribution in [-0.2, 0) is 6.54 Å². The van der Waals surface area contributed by atoms with Gasteiger partial charge in [0.05, 0.1) is 30.3 Å². The molecule has 1 N–H and O–H groups in total. The van der Waals surface area contributed by atoms with Crippen molar-refractivity contribution in [1.29, 1.82) is 0 Å². The number of nitrogens with one attached hydrogen (secondary N) is 1. The number of piperidine rings is 1. The third kappa shape index (κ3) is 5.42. The van der Waals surface area contributed by atoms with E-state index in [1.54, 1.807) is 17.9 Å². The van der Waals surface area contributed by atoms with Crippen LogP contribution in [-0.4, -0.2) is 58.0 Å². The average Bonchev–Trinajstić information content (AvgIpc) is 3.50. The number of pyridine rings is 1. The average molecular weight is 502 g/mol. The van der Waals surface area contributed by atoms with Crippen molar-refractivity contribution in [3.05, 3.63) is 63.1 Å². The number of thiophene rings is 1. The summed E-state index contributed by atoms with van der Waals surface area (Å²) < 4.78 is 7.77. The fourth-order valence-corrected chi connectivity index (χ4v) is 5.29. The van der Waals surface area contributed by atoms with E-state index in [-0.39, 0.29) is 17.7 Å². The van der Waals surface area contributed by atoms with Crippen molar-refractivity contribution in [2.24, 2.45) is 0 Å². The summed E-state index contributed by atoms with van der Waals surface area (Å²) in [6.45, 7) is 4.47. The Hall–Kier alpha value is -2.91. The first kappa shape index (κ1) is 24.2. The zero-order valence-corrected chi connectivity index (χ0v) is 20.9. The highest BCUT2D eigenvalue weighted by Crippen LogP contribution is 2.37. The Balaban J connectivity index is 1.38. The van der Waals surface area contributed by atoms with Crippen LogP contribution in [0, 0.1) is 6.92 Å². The van der Waals surface area contributed by atoms with E-state index in [1.807, 2.05) is 34.7 Å². The maximum Gasteiger partial charge on any atom is 0.258 e. The number of nitrogens with zero attached hydrogens (tertiary/aromatic N) is 4. The van der Waals surface area contributed by atoms with Crippen molar-refractivity contribution in [3.63, 3.8) is 0 Å². The predicted molar refractivity (Wildman–Crippen MR) is 132 cm³/mol. The predicted octanol–water partition coefficient (Wildman–Crippen LogP) is 4.15. The highest BCUT2D eigenvalue weighted by atomic mass is 35.5. The molecule has 0 aliphatic carbocycles. The first-order valence-electron chi connectivity index (χ1n) is 11.3. The first-order valence-corrected chi connectivity index (χ1v) is 12.6. The quantitative estimate of drug-likeness (QED) is 0.468. The van der Waals surface area contributed by atoms with Crippen molar-refractivity contribution in [2.45, 2.75) is 38.6 Å². The number of halogens is 1. The number of amides is 2. The Kier molecular flexibility index (Phi) is 7.84. The summed E-state index contributed by atoms with van der Waals surface area (Å²) in [6, 6.07) is 3.73. The minimum Gasteiger partial charge on any atom is -0.493 e. The molecule has 1 saturated heterocycles. The van der Waals surface area contributed by atoms with E-state index in [2.05, 4.69) is 10.3 Å². The van der Waals surface area contributed by atoms with Crippen molar-refractivity contribution >= 4 is 34.8 Å². The third-order valence-electron chi connectivity index (χ3n) is 6.05. The lowest BCUT2D eigenvalue weighted by Crippen LogP contribution is -2.38. The molecule has 0 bridgehead atoms. The summed E-state index contributed by atoms with van der Waals surface area (Å²) >= 11 is 7.43. The molecule has 0 unspecified atom stereocenters. The van der Waals surface area contributed by atoms with Gasteiger partial charge in [-0.25, -0.2) is 4.98 Å². The molecule has 1 aliphatic heterocycles. The van der Waals surface area contributed by atoms with E-state index < -0.39 is 0 Å². The second kappa shape index (κ2) is 11.0. The highest BCUT2D eigenvalue weighted by Gasteiger charge is 2.30. The number of hydrogen-bond acceptors (Lipinski definition) is 6. The number of imidazole rings is 1. The fourth-order valence-electron chi connectivity index (χ4n) is 4.25. The Morgan fingerprint density at radius 1 is 1.26 bits per heavy atom. The van der Waals surface area contributed by atoms with Crippen LogP contribution in [0.3, 0.4) is 0 Å². The molecule has 3 aromatic heterocycles. The molecule has 2 amide bonds. The number of aryl methyl sites for hydroxylation is 2. The largest absolute Gasteiger partial charge is 0.493 e. The van der Waals surface area contributed by atoms with Gasteiger partial charge in [-0.3, -0.25) is 14.6 Å². The van der Waals surface area contributed by atoms with E-state index in [1.165, 1.54) is 18.4 Å². The van der Waals surface area contributed by atoms with Crippen LogP contribution in [0.2, 0.25) is 4.34 Å². The molecule has 0 atom stereocenters. The molecule has 180 valence electrons. The maximum atomic E-state index is 13.0. The van der Waals surface area contributed by atoms with Gasteiger partial charge in [0.2, 0.25) is 0 Å². The summed E-state index contributed by atoms with van der Waals surface area (Å²) in [5.74, 6) is 0.366. The molecule has 0 radical (unpaired) electrons. The second-order valence-corrected chi connectivity index (χ2v) is 9.80. The monoisotopic (exact) mass is 501 g/mol. The van der Waals surface area contributed by atoms with Crippen molar-refractivity contribution < 1.29 is 14.3 Å². The molecule has 3 aromatic rings. The van der Waals surface area contributed by atoms with Gasteiger partial charge in [-0.1, -0.05) is 11.6 Å². The van der Waals surface area contributed by atoms with Gasteiger partial charge < -0.3 is 19.5 Å². The zero-order chi connectivity index (χ0) is 24.1. The van der Waals surface area contributed by atoms with Crippen LogP contribution in [0.1, 0.15) is 57.3 Å². The molecule has 34 heavy (non-hydrogen) atoms. The van der Waals surface area contributed by atoms with E-state index in [9.17, 15) is 9.59 Å². The van der Waals surface area contributed by atoms with Gasteiger partial charge >= 0.3 is 0 Å². The second-order valence-electron chi connectivity index (χ2n) is 8.32. The SMILES string of the molecule is COc1c(C(=O)N2CCC(c3nc(C)ccc3C(=O)NCCCn3ccnc3)CC2)csc1Cl. The molecule has 0 saturated carbocycles. The van der Waals surface area contributed by atoms with Gasteiger partial charge in [0, 0.05) is 55.6 Å². The van der Waals surface area contributed by atoms with Gasteiger partial charge in [-0.05, 0) is 38.3 Å². The summed E-state index contributed by atoms with van der Waals surface area (Å²) in [4.78, 5) is 36.5. The van der Waals surface area contributed by atoms with Gasteiger partial charge in [0.15, 0.2) is 5.75 Å². The lowest BCUT2D eigenvalue weighted by atomic mass is 9.89. The van der Waals surface area contributed by atoms with Crippen molar-refractivity contribution in [1.82, 2.24) is 24.8 Å². The number of rotatable bonds is 8. The van der Waals surface area contributed by atoms with E-state index in [4.69, 9.17) is 21.3 Å². The maximum absolute atomic E-state index is 13.0. The Bertz CT molecular complexity index is 1140. The summed E-state index contributed by atoms with van der Waals surface area (Å²) in [6.07, 6.45) is 7.71. The molecule has 1 aliphatic rings. The van der Waals surface area contributed by atoms with Crippen molar-refractivity contribution in [2.75, 3.05) is 26.7 Å². The van der Waals surface area contributed by atoms with E-state index in [0.29, 0.717) is 40.8 Å². The number of hydrogen-bond donors (Lipinski definition) is 1. The van der Waals surface area contributed by atoms with Gasteiger partial charge in [-0.15, -0.1) is 11.3 Å². The molecule has 10 heteroatoms. The molecule has 4 rings (SSSR count). The van der Waals surface area contributed by atoms with Crippen LogP contribution in [0.4, 0.5) is 0 Å². The van der Waals surface area contributed by atoms with Gasteiger partial charge in [0.25, 0.3) is 11.8 Å². The van der Waals surface area contributed by atoms with Crippen molar-refractivity contribution in [3.8, 4) is 5.75 Å². The molecule has 0 spiro atoms. The standard InChI is InChI=1S/C24H28ClN5O3S/c1-16-4-5-18(23(31)27-8-3-10-29-13-9-26-15-29)20(28-16)17-6-11-30(12-7-17)24(32)19-14-34-22(25)21(19)33-2/h4-5,9,13-15,17H,3,6-8,10-12H2,1-2H3,(H,27,31). The minimum absolute atomic E-state index is 0.0773. The number of likely N-dealkylation sites (tertiary alicyclic amines) is 1. The molecule has 8 nitrogen and oxygen atoms in total. The van der Waals surface area contributed by atoms with Gasteiger partial charge in [0.1, 0.15) is 4.34 Å². The Morgan fingerprint density at radius 3 is 2.76 bits per heavy atom. The smallest absolute Gasteiger partial charge is 0.258 e. The number of ether oxygens (including phenoxy) is 1. The van der Waals surface area contributed by atoms with E-state index in [0.717, 1.165) is 37.2 Å². The zero-order valence-electron chi connectivity index (χ0n) is 19.3. The topological polar surface area (TPSA) is 89.4 Å². The number of aromatic nitrogens is 3. The minimum atomic E-state index is -0.107. The third-order valence-corrected chi connectivity index (χ3v) is 7.24. The number of carbonyl (C=O) groups is 2. The van der Waals surface area contributed by atoms with Crippen LogP contribution >= 0.6 is 22.9 Å². The van der Waals surface area contributed by atoms with Crippen LogP contribution in [0.15, 0.2) is 36.2 Å². The van der Waals surface area contributed by atoms with Gasteiger partial charge in [-0.2, -0.15) is 0 Å².